The zero-order valence-corrected chi connectivity index (χ0v) is 11.3. The van der Waals surface area contributed by atoms with Gasteiger partial charge in [0.1, 0.15) is 0 Å². The Kier molecular flexibility index (Phi) is 6.02. The molecule has 1 unspecified atom stereocenters. The SMILES string of the molecule is CC(=O)c1ccc(NC(=O)NC(C)CCCO)cc1. The van der Waals surface area contributed by atoms with Gasteiger partial charge in [0.05, 0.1) is 0 Å². The van der Waals surface area contributed by atoms with Crippen molar-refractivity contribution in [2.75, 3.05) is 11.9 Å². The van der Waals surface area contributed by atoms with Crippen LogP contribution in [0.3, 0.4) is 0 Å². The van der Waals surface area contributed by atoms with Gasteiger partial charge in [-0.25, -0.2) is 4.79 Å². The minimum absolute atomic E-state index is 0.00337. The van der Waals surface area contributed by atoms with Gasteiger partial charge in [0, 0.05) is 23.9 Å². The molecular formula is C14H20N2O3. The molecule has 1 aromatic rings. The molecule has 0 radical (unpaired) electrons. The minimum Gasteiger partial charge on any atom is -0.396 e. The van der Waals surface area contributed by atoms with Crippen LogP contribution in [-0.4, -0.2) is 29.6 Å². The van der Waals surface area contributed by atoms with Crippen molar-refractivity contribution in [3.63, 3.8) is 0 Å². The number of Topliss-reactive ketones (excluding diaryl/α,β-unsaturated/α-hetero) is 1. The van der Waals surface area contributed by atoms with Crippen molar-refractivity contribution < 1.29 is 14.7 Å². The molecule has 1 aromatic carbocycles. The fraction of sp³-hybridized carbons (Fsp3) is 0.429. The average molecular weight is 264 g/mol. The highest BCUT2D eigenvalue weighted by Crippen LogP contribution is 2.10. The predicted octanol–water partition coefficient (Wildman–Crippen LogP) is 2.17. The van der Waals surface area contributed by atoms with E-state index in [1.54, 1.807) is 24.3 Å². The number of carbonyl (C=O) groups excluding carboxylic acids is 2. The molecule has 0 heterocycles. The maximum Gasteiger partial charge on any atom is 0.319 e. The largest absolute Gasteiger partial charge is 0.396 e. The number of ketones is 1. The molecule has 1 atom stereocenters. The summed E-state index contributed by atoms with van der Waals surface area (Å²) in [6, 6.07) is 6.44. The summed E-state index contributed by atoms with van der Waals surface area (Å²) in [5, 5.41) is 14.2. The Morgan fingerprint density at radius 1 is 1.26 bits per heavy atom. The molecule has 0 spiro atoms. The molecular weight excluding hydrogens is 244 g/mol. The monoisotopic (exact) mass is 264 g/mol. The lowest BCUT2D eigenvalue weighted by molar-refractivity contribution is 0.101. The second-order valence-corrected chi connectivity index (χ2v) is 4.50. The normalized spacial score (nSPS) is 11.7. The number of hydrogen-bond acceptors (Lipinski definition) is 3. The van der Waals surface area contributed by atoms with Crippen molar-refractivity contribution in [1.29, 1.82) is 0 Å². The third-order valence-electron chi connectivity index (χ3n) is 2.72. The van der Waals surface area contributed by atoms with Crippen LogP contribution in [0.25, 0.3) is 0 Å². The van der Waals surface area contributed by atoms with Crippen molar-refractivity contribution in [2.24, 2.45) is 0 Å². The van der Waals surface area contributed by atoms with Crippen LogP contribution in [0.2, 0.25) is 0 Å². The maximum atomic E-state index is 11.7. The first-order chi connectivity index (χ1) is 9.02. The van der Waals surface area contributed by atoms with E-state index >= 15 is 0 Å². The number of carbonyl (C=O) groups is 2. The quantitative estimate of drug-likeness (QED) is 0.689. The maximum absolute atomic E-state index is 11.7. The van der Waals surface area contributed by atoms with Gasteiger partial charge in [-0.15, -0.1) is 0 Å². The van der Waals surface area contributed by atoms with Gasteiger partial charge in [-0.2, -0.15) is 0 Å². The van der Waals surface area contributed by atoms with Crippen LogP contribution in [0.1, 0.15) is 37.0 Å². The fourth-order valence-electron chi connectivity index (χ4n) is 1.65. The van der Waals surface area contributed by atoms with E-state index in [4.69, 9.17) is 5.11 Å². The molecule has 19 heavy (non-hydrogen) atoms. The number of hydrogen-bond donors (Lipinski definition) is 3. The number of nitrogens with one attached hydrogen (secondary N) is 2. The van der Waals surface area contributed by atoms with E-state index in [9.17, 15) is 9.59 Å². The van der Waals surface area contributed by atoms with Crippen LogP contribution in [0.15, 0.2) is 24.3 Å². The van der Waals surface area contributed by atoms with Gasteiger partial charge in [-0.1, -0.05) is 0 Å². The number of aliphatic hydroxyl groups is 1. The molecule has 0 aliphatic carbocycles. The van der Waals surface area contributed by atoms with Gasteiger partial charge in [-0.3, -0.25) is 4.79 Å². The van der Waals surface area contributed by atoms with Crippen LogP contribution in [0.4, 0.5) is 10.5 Å². The number of urea groups is 1. The van der Waals surface area contributed by atoms with Crippen molar-refractivity contribution in [2.45, 2.75) is 32.7 Å². The minimum atomic E-state index is -0.291. The van der Waals surface area contributed by atoms with Crippen LogP contribution in [-0.2, 0) is 0 Å². The highest BCUT2D eigenvalue weighted by Gasteiger charge is 2.07. The Bertz CT molecular complexity index is 429. The Balaban J connectivity index is 2.45. The molecule has 3 N–H and O–H groups in total. The van der Waals surface area contributed by atoms with Gasteiger partial charge in [0.2, 0.25) is 0 Å². The van der Waals surface area contributed by atoms with Crippen molar-refractivity contribution >= 4 is 17.5 Å². The Labute approximate surface area is 113 Å². The molecule has 0 fully saturated rings. The summed E-state index contributed by atoms with van der Waals surface area (Å²) in [7, 11) is 0. The zero-order chi connectivity index (χ0) is 14.3. The third kappa shape index (κ3) is 5.52. The van der Waals surface area contributed by atoms with E-state index in [1.165, 1.54) is 6.92 Å². The van der Waals surface area contributed by atoms with Crippen LogP contribution >= 0.6 is 0 Å². The molecule has 5 nitrogen and oxygen atoms in total. The van der Waals surface area contributed by atoms with E-state index in [0.29, 0.717) is 17.7 Å². The van der Waals surface area contributed by atoms with E-state index in [0.717, 1.165) is 6.42 Å². The van der Waals surface area contributed by atoms with E-state index in [-0.39, 0.29) is 24.5 Å². The smallest absolute Gasteiger partial charge is 0.319 e. The highest BCUT2D eigenvalue weighted by molar-refractivity contribution is 5.95. The van der Waals surface area contributed by atoms with Crippen LogP contribution in [0, 0.1) is 0 Å². The molecule has 0 bridgehead atoms. The lowest BCUT2D eigenvalue weighted by Crippen LogP contribution is -2.36. The number of amides is 2. The highest BCUT2D eigenvalue weighted by atomic mass is 16.3. The number of benzene rings is 1. The van der Waals surface area contributed by atoms with E-state index in [1.807, 2.05) is 6.92 Å². The number of aliphatic hydroxyl groups excluding tert-OH is 1. The molecule has 2 amide bonds. The lowest BCUT2D eigenvalue weighted by atomic mass is 10.1. The van der Waals surface area contributed by atoms with Crippen molar-refractivity contribution in [1.82, 2.24) is 5.32 Å². The zero-order valence-electron chi connectivity index (χ0n) is 11.3. The van der Waals surface area contributed by atoms with Crippen LogP contribution in [0.5, 0.6) is 0 Å². The van der Waals surface area contributed by atoms with Gasteiger partial charge >= 0.3 is 6.03 Å². The summed E-state index contributed by atoms with van der Waals surface area (Å²) in [6.45, 7) is 3.51. The summed E-state index contributed by atoms with van der Waals surface area (Å²) in [5.74, 6) is -0.00590. The van der Waals surface area contributed by atoms with Gasteiger partial charge < -0.3 is 15.7 Å². The summed E-state index contributed by atoms with van der Waals surface area (Å²) < 4.78 is 0. The number of anilines is 1. The molecule has 0 aliphatic heterocycles. The molecule has 0 saturated heterocycles. The first-order valence-electron chi connectivity index (χ1n) is 6.32. The fourth-order valence-corrected chi connectivity index (χ4v) is 1.65. The summed E-state index contributed by atoms with van der Waals surface area (Å²) in [5.41, 5.74) is 1.25. The lowest BCUT2D eigenvalue weighted by Gasteiger charge is -2.14. The molecule has 0 aliphatic rings. The molecule has 0 saturated carbocycles. The molecule has 104 valence electrons. The van der Waals surface area contributed by atoms with Gasteiger partial charge in [-0.05, 0) is 51.0 Å². The van der Waals surface area contributed by atoms with Crippen molar-refractivity contribution in [3.8, 4) is 0 Å². The van der Waals surface area contributed by atoms with Crippen LogP contribution < -0.4 is 10.6 Å². The first kappa shape index (κ1) is 15.2. The van der Waals surface area contributed by atoms with E-state index < -0.39 is 0 Å². The summed E-state index contributed by atoms with van der Waals surface area (Å²) in [6.07, 6.45) is 1.39. The van der Waals surface area contributed by atoms with E-state index in [2.05, 4.69) is 10.6 Å². The molecule has 5 heteroatoms. The average Bonchev–Trinajstić information content (AvgIpc) is 2.36. The number of rotatable bonds is 6. The topological polar surface area (TPSA) is 78.4 Å². The van der Waals surface area contributed by atoms with Crippen molar-refractivity contribution in [3.05, 3.63) is 29.8 Å². The second kappa shape index (κ2) is 7.53. The van der Waals surface area contributed by atoms with Gasteiger partial charge in [0.25, 0.3) is 0 Å². The standard InChI is InChI=1S/C14H20N2O3/c1-10(4-3-9-17)15-14(19)16-13-7-5-12(6-8-13)11(2)18/h5-8,10,17H,3-4,9H2,1-2H3,(H2,15,16,19). The third-order valence-corrected chi connectivity index (χ3v) is 2.72. The Hall–Kier alpha value is -1.88. The Morgan fingerprint density at radius 2 is 1.89 bits per heavy atom. The molecule has 1 rings (SSSR count). The summed E-state index contributed by atoms with van der Waals surface area (Å²) in [4.78, 5) is 22.8. The summed E-state index contributed by atoms with van der Waals surface area (Å²) >= 11 is 0. The second-order valence-electron chi connectivity index (χ2n) is 4.50. The van der Waals surface area contributed by atoms with Gasteiger partial charge in [0.15, 0.2) is 5.78 Å². The Morgan fingerprint density at radius 3 is 2.42 bits per heavy atom. The first-order valence-corrected chi connectivity index (χ1v) is 6.32. The predicted molar refractivity (Wildman–Crippen MR) is 74.4 cm³/mol. The molecule has 0 aromatic heterocycles.